The van der Waals surface area contributed by atoms with Crippen LogP contribution in [0, 0.1) is 0 Å². The van der Waals surface area contributed by atoms with Crippen molar-refractivity contribution in [2.45, 2.75) is 12.8 Å². The molecule has 0 aliphatic carbocycles. The van der Waals surface area contributed by atoms with E-state index in [1.807, 2.05) is 0 Å². The van der Waals surface area contributed by atoms with Gasteiger partial charge in [-0.05, 0) is 55.0 Å². The Morgan fingerprint density at radius 1 is 0.750 bits per heavy atom. The Hall–Kier alpha value is -3.81. The Labute approximate surface area is 160 Å². The van der Waals surface area contributed by atoms with E-state index in [9.17, 15) is 14.4 Å². The third-order valence-electron chi connectivity index (χ3n) is 3.78. The molecule has 0 bridgehead atoms. The zero-order valence-electron chi connectivity index (χ0n) is 14.9. The first-order valence-electron chi connectivity index (χ1n) is 8.68. The lowest BCUT2D eigenvalue weighted by Crippen LogP contribution is -2.25. The fourth-order valence-corrected chi connectivity index (χ4v) is 2.41. The van der Waals surface area contributed by atoms with Crippen LogP contribution in [-0.4, -0.2) is 24.3 Å². The number of anilines is 2. The van der Waals surface area contributed by atoms with Crippen molar-refractivity contribution < 1.29 is 23.2 Å². The summed E-state index contributed by atoms with van der Waals surface area (Å²) in [5.41, 5.74) is 1.20. The van der Waals surface area contributed by atoms with Crippen LogP contribution in [0.25, 0.3) is 0 Å². The predicted molar refractivity (Wildman–Crippen MR) is 102 cm³/mol. The number of benzene rings is 1. The smallest absolute Gasteiger partial charge is 0.291 e. The highest BCUT2D eigenvalue weighted by molar-refractivity contribution is 6.02. The number of furan rings is 2. The summed E-state index contributed by atoms with van der Waals surface area (Å²) in [4.78, 5) is 35.6. The number of nitrogens with one attached hydrogen (secondary N) is 3. The minimum Gasteiger partial charge on any atom is -0.459 e. The monoisotopic (exact) mass is 381 g/mol. The first kappa shape index (κ1) is 19.0. The Kier molecular flexibility index (Phi) is 6.25. The maximum Gasteiger partial charge on any atom is 0.291 e. The standard InChI is InChI=1S/C20H19N3O5/c24-18(6-1-11-21-19(25)16-4-2-12-27-16)22-14-7-9-15(10-8-14)23-20(26)17-5-3-13-28-17/h2-5,7-10,12-13H,1,6,11H2,(H,21,25)(H,22,24)(H,23,26). The van der Waals surface area contributed by atoms with E-state index in [0.717, 1.165) is 0 Å². The molecule has 3 amide bonds. The number of amides is 3. The third-order valence-corrected chi connectivity index (χ3v) is 3.78. The Balaban J connectivity index is 1.38. The minimum absolute atomic E-state index is 0.167. The summed E-state index contributed by atoms with van der Waals surface area (Å²) in [5, 5.41) is 8.14. The van der Waals surface area contributed by atoms with E-state index < -0.39 is 0 Å². The molecular weight excluding hydrogens is 362 g/mol. The van der Waals surface area contributed by atoms with Gasteiger partial charge in [0.2, 0.25) is 5.91 Å². The van der Waals surface area contributed by atoms with Crippen molar-refractivity contribution >= 4 is 29.1 Å². The van der Waals surface area contributed by atoms with Gasteiger partial charge in [-0.3, -0.25) is 14.4 Å². The summed E-state index contributed by atoms with van der Waals surface area (Å²) in [6.45, 7) is 0.366. The summed E-state index contributed by atoms with van der Waals surface area (Å²) >= 11 is 0. The largest absolute Gasteiger partial charge is 0.459 e. The quantitative estimate of drug-likeness (QED) is 0.518. The maximum absolute atomic E-state index is 12.0. The van der Waals surface area contributed by atoms with Crippen molar-refractivity contribution in [2.75, 3.05) is 17.2 Å². The number of hydrogen-bond acceptors (Lipinski definition) is 5. The summed E-state index contributed by atoms with van der Waals surface area (Å²) in [7, 11) is 0. The summed E-state index contributed by atoms with van der Waals surface area (Å²) in [6.07, 6.45) is 3.61. The molecule has 0 fully saturated rings. The van der Waals surface area contributed by atoms with E-state index in [4.69, 9.17) is 8.83 Å². The lowest BCUT2D eigenvalue weighted by atomic mass is 10.2. The van der Waals surface area contributed by atoms with Crippen LogP contribution in [0.1, 0.15) is 34.0 Å². The molecule has 2 aromatic heterocycles. The average Bonchev–Trinajstić information content (AvgIpc) is 3.40. The SMILES string of the molecule is O=C(CCCNC(=O)c1ccco1)Nc1ccc(NC(=O)c2ccco2)cc1. The van der Waals surface area contributed by atoms with Crippen LogP contribution in [0.5, 0.6) is 0 Å². The van der Waals surface area contributed by atoms with Gasteiger partial charge in [-0.15, -0.1) is 0 Å². The van der Waals surface area contributed by atoms with Gasteiger partial charge in [0.15, 0.2) is 11.5 Å². The first-order valence-corrected chi connectivity index (χ1v) is 8.68. The molecule has 0 saturated heterocycles. The molecule has 28 heavy (non-hydrogen) atoms. The highest BCUT2D eigenvalue weighted by Crippen LogP contribution is 2.15. The second-order valence-electron chi connectivity index (χ2n) is 5.89. The summed E-state index contributed by atoms with van der Waals surface area (Å²) in [6, 6.07) is 13.2. The van der Waals surface area contributed by atoms with Gasteiger partial charge in [0.25, 0.3) is 11.8 Å². The van der Waals surface area contributed by atoms with Gasteiger partial charge in [0.1, 0.15) is 0 Å². The molecule has 8 nitrogen and oxygen atoms in total. The van der Waals surface area contributed by atoms with E-state index >= 15 is 0 Å². The van der Waals surface area contributed by atoms with Crippen LogP contribution in [0.4, 0.5) is 11.4 Å². The third kappa shape index (κ3) is 5.34. The van der Waals surface area contributed by atoms with Crippen molar-refractivity contribution in [3.63, 3.8) is 0 Å². The van der Waals surface area contributed by atoms with E-state index in [2.05, 4.69) is 16.0 Å². The Morgan fingerprint density at radius 3 is 1.89 bits per heavy atom. The van der Waals surface area contributed by atoms with E-state index in [1.54, 1.807) is 48.5 Å². The van der Waals surface area contributed by atoms with Gasteiger partial charge in [0.05, 0.1) is 12.5 Å². The van der Waals surface area contributed by atoms with Gasteiger partial charge in [-0.1, -0.05) is 0 Å². The van der Waals surface area contributed by atoms with Crippen molar-refractivity contribution in [1.29, 1.82) is 0 Å². The molecule has 0 aliphatic rings. The summed E-state index contributed by atoms with van der Waals surface area (Å²) < 4.78 is 10.0. The number of rotatable bonds is 8. The Bertz CT molecular complexity index is 915. The van der Waals surface area contributed by atoms with E-state index in [0.29, 0.717) is 24.3 Å². The molecule has 0 radical (unpaired) electrons. The molecule has 2 heterocycles. The van der Waals surface area contributed by atoms with Gasteiger partial charge in [0, 0.05) is 24.3 Å². The molecule has 0 spiro atoms. The van der Waals surface area contributed by atoms with Gasteiger partial charge in [-0.2, -0.15) is 0 Å². The molecule has 1 aromatic carbocycles. The van der Waals surface area contributed by atoms with E-state index in [-0.39, 0.29) is 35.7 Å². The van der Waals surface area contributed by atoms with Crippen LogP contribution in [0.15, 0.2) is 69.9 Å². The molecule has 3 rings (SSSR count). The van der Waals surface area contributed by atoms with Crippen molar-refractivity contribution in [3.8, 4) is 0 Å². The average molecular weight is 381 g/mol. The van der Waals surface area contributed by atoms with Crippen LogP contribution < -0.4 is 16.0 Å². The normalized spacial score (nSPS) is 10.3. The molecule has 0 atom stereocenters. The summed E-state index contributed by atoms with van der Waals surface area (Å²) in [5.74, 6) is -0.365. The van der Waals surface area contributed by atoms with Crippen molar-refractivity contribution in [3.05, 3.63) is 72.6 Å². The molecule has 3 aromatic rings. The van der Waals surface area contributed by atoms with Crippen molar-refractivity contribution in [2.24, 2.45) is 0 Å². The minimum atomic E-state index is -0.349. The van der Waals surface area contributed by atoms with Gasteiger partial charge >= 0.3 is 0 Å². The first-order chi connectivity index (χ1) is 13.6. The predicted octanol–water partition coefficient (Wildman–Crippen LogP) is 3.27. The van der Waals surface area contributed by atoms with Crippen LogP contribution in [0.3, 0.4) is 0 Å². The molecule has 0 aliphatic heterocycles. The lowest BCUT2D eigenvalue weighted by molar-refractivity contribution is -0.116. The lowest BCUT2D eigenvalue weighted by Gasteiger charge is -2.08. The fourth-order valence-electron chi connectivity index (χ4n) is 2.41. The number of carbonyl (C=O) groups is 3. The maximum atomic E-state index is 12.0. The van der Waals surface area contributed by atoms with Crippen molar-refractivity contribution in [1.82, 2.24) is 5.32 Å². The second-order valence-corrected chi connectivity index (χ2v) is 5.89. The number of hydrogen-bond donors (Lipinski definition) is 3. The van der Waals surface area contributed by atoms with Crippen LogP contribution in [0.2, 0.25) is 0 Å². The molecule has 144 valence electrons. The topological polar surface area (TPSA) is 114 Å². The fraction of sp³-hybridized carbons (Fsp3) is 0.150. The van der Waals surface area contributed by atoms with Crippen LogP contribution in [-0.2, 0) is 4.79 Å². The number of carbonyl (C=O) groups excluding carboxylic acids is 3. The highest BCUT2D eigenvalue weighted by atomic mass is 16.3. The molecule has 3 N–H and O–H groups in total. The highest BCUT2D eigenvalue weighted by Gasteiger charge is 2.10. The molecule has 8 heteroatoms. The van der Waals surface area contributed by atoms with Gasteiger partial charge < -0.3 is 24.8 Å². The molecule has 0 unspecified atom stereocenters. The second kappa shape index (κ2) is 9.22. The molecule has 0 saturated carbocycles. The van der Waals surface area contributed by atoms with E-state index in [1.165, 1.54) is 12.5 Å². The van der Waals surface area contributed by atoms with Crippen LogP contribution >= 0.6 is 0 Å². The zero-order chi connectivity index (χ0) is 19.8. The zero-order valence-corrected chi connectivity index (χ0v) is 14.9. The molecular formula is C20H19N3O5. The Morgan fingerprint density at radius 2 is 1.32 bits per heavy atom. The van der Waals surface area contributed by atoms with Gasteiger partial charge in [-0.25, -0.2) is 0 Å².